The molecule has 45 heavy (non-hydrogen) atoms. The van der Waals surface area contributed by atoms with Crippen molar-refractivity contribution in [3.8, 4) is 22.7 Å². The highest BCUT2D eigenvalue weighted by atomic mass is 19.4. The van der Waals surface area contributed by atoms with Crippen LogP contribution < -0.4 is 20.5 Å². The van der Waals surface area contributed by atoms with E-state index in [0.717, 1.165) is 17.2 Å². The molecule has 9 nitrogen and oxygen atoms in total. The van der Waals surface area contributed by atoms with Crippen LogP contribution in [0.15, 0.2) is 90.2 Å². The van der Waals surface area contributed by atoms with E-state index < -0.39 is 11.7 Å². The van der Waals surface area contributed by atoms with Crippen molar-refractivity contribution < 1.29 is 17.9 Å². The Morgan fingerprint density at radius 2 is 1.69 bits per heavy atom. The summed E-state index contributed by atoms with van der Waals surface area (Å²) in [6, 6.07) is 17.5. The van der Waals surface area contributed by atoms with Crippen LogP contribution in [-0.2, 0) is 19.3 Å². The van der Waals surface area contributed by atoms with Crippen LogP contribution in [0, 0.1) is 0 Å². The molecule has 7 rings (SSSR count). The van der Waals surface area contributed by atoms with Gasteiger partial charge >= 0.3 is 6.18 Å². The highest BCUT2D eigenvalue weighted by molar-refractivity contribution is 6.05. The molecule has 2 aromatic carbocycles. The minimum atomic E-state index is -4.58. The fraction of sp³-hybridized carbons (Fsp3) is 0.242. The first kappa shape index (κ1) is 28.7. The van der Waals surface area contributed by atoms with Gasteiger partial charge in [0.2, 0.25) is 5.88 Å². The molecule has 1 N–H and O–H groups in total. The fourth-order valence-corrected chi connectivity index (χ4v) is 6.05. The van der Waals surface area contributed by atoms with Crippen LogP contribution in [0.4, 0.5) is 18.9 Å². The number of nitrogens with one attached hydrogen (secondary N) is 1. The maximum atomic E-state index is 14.5. The lowest BCUT2D eigenvalue weighted by Crippen LogP contribution is -2.44. The van der Waals surface area contributed by atoms with E-state index in [1.54, 1.807) is 34.9 Å². The zero-order chi connectivity index (χ0) is 31.1. The number of hydrogen-bond donors (Lipinski definition) is 1. The van der Waals surface area contributed by atoms with E-state index in [1.807, 2.05) is 53.4 Å². The van der Waals surface area contributed by atoms with E-state index in [-0.39, 0.29) is 16.9 Å². The third-order valence-corrected chi connectivity index (χ3v) is 8.30. The van der Waals surface area contributed by atoms with E-state index in [9.17, 15) is 18.0 Å². The second kappa shape index (κ2) is 11.4. The number of halogens is 3. The number of nitrogens with zero attached hydrogens (tertiary/aromatic N) is 6. The summed E-state index contributed by atoms with van der Waals surface area (Å²) >= 11 is 0. The van der Waals surface area contributed by atoms with E-state index in [1.165, 1.54) is 16.9 Å². The first-order chi connectivity index (χ1) is 21.8. The lowest BCUT2D eigenvalue weighted by Gasteiger charge is -2.31. The van der Waals surface area contributed by atoms with Crippen LogP contribution in [0.1, 0.15) is 5.56 Å². The number of pyridine rings is 2. The van der Waals surface area contributed by atoms with Gasteiger partial charge in [-0.15, -0.1) is 0 Å². The number of alkyl halides is 3. The lowest BCUT2D eigenvalue weighted by atomic mass is 10.0. The van der Waals surface area contributed by atoms with Gasteiger partial charge in [0.25, 0.3) is 5.56 Å². The molecule has 6 aromatic rings. The number of anilines is 1. The number of fused-ring (bicyclic) bond motifs is 3. The first-order valence-corrected chi connectivity index (χ1v) is 14.6. The van der Waals surface area contributed by atoms with Gasteiger partial charge in [-0.05, 0) is 54.1 Å². The van der Waals surface area contributed by atoms with Gasteiger partial charge in [-0.2, -0.15) is 18.3 Å². The minimum absolute atomic E-state index is 0.135. The van der Waals surface area contributed by atoms with Gasteiger partial charge in [-0.25, -0.2) is 9.67 Å². The summed E-state index contributed by atoms with van der Waals surface area (Å²) in [5, 5.41) is 8.68. The number of aryl methyl sites for hydroxylation is 2. The molecule has 0 amide bonds. The molecule has 1 aliphatic rings. The molecule has 0 saturated carbocycles. The van der Waals surface area contributed by atoms with Crippen molar-refractivity contribution in [3.05, 3.63) is 101 Å². The molecule has 0 aliphatic carbocycles. The van der Waals surface area contributed by atoms with Gasteiger partial charge in [0.1, 0.15) is 0 Å². The summed E-state index contributed by atoms with van der Waals surface area (Å²) in [6.07, 6.45) is 2.42. The molecule has 0 atom stereocenters. The number of ether oxygens (including phenoxy) is 1. The molecule has 0 bridgehead atoms. The van der Waals surface area contributed by atoms with Gasteiger partial charge in [0.05, 0.1) is 41.0 Å². The average Bonchev–Trinajstić information content (AvgIpc) is 3.75. The Hall–Kier alpha value is -5.10. The normalized spacial score (nSPS) is 14.0. The summed E-state index contributed by atoms with van der Waals surface area (Å²) in [5.41, 5.74) is 2.10. The van der Waals surface area contributed by atoms with Crippen LogP contribution in [0.3, 0.4) is 0 Å². The number of piperazine rings is 1. The molecular weight excluding hydrogens is 583 g/mol. The van der Waals surface area contributed by atoms with E-state index in [0.29, 0.717) is 67.0 Å². The second-order valence-electron chi connectivity index (χ2n) is 11.0. The monoisotopic (exact) mass is 613 g/mol. The van der Waals surface area contributed by atoms with Gasteiger partial charge in [0.15, 0.2) is 0 Å². The molecule has 1 saturated heterocycles. The van der Waals surface area contributed by atoms with Gasteiger partial charge < -0.3 is 24.1 Å². The second-order valence-corrected chi connectivity index (χ2v) is 11.0. The predicted octanol–water partition coefficient (Wildman–Crippen LogP) is 5.34. The summed E-state index contributed by atoms with van der Waals surface area (Å²) in [5.74, 6) is 0.476. The largest absolute Gasteiger partial charge is 0.481 e. The average molecular weight is 614 g/mol. The zero-order valence-electron chi connectivity index (χ0n) is 24.5. The molecule has 0 unspecified atom stereocenters. The molecule has 1 fully saturated rings. The molecule has 5 heterocycles. The highest BCUT2D eigenvalue weighted by Gasteiger charge is 2.36. The summed E-state index contributed by atoms with van der Waals surface area (Å²) < 4.78 is 53.7. The fourth-order valence-electron chi connectivity index (χ4n) is 6.05. The van der Waals surface area contributed by atoms with Crippen molar-refractivity contribution in [2.45, 2.75) is 19.3 Å². The molecule has 0 spiro atoms. The zero-order valence-corrected chi connectivity index (χ0v) is 24.5. The maximum Gasteiger partial charge on any atom is 0.418 e. The Labute approximate surface area is 256 Å². The van der Waals surface area contributed by atoms with Gasteiger partial charge in [-0.3, -0.25) is 4.79 Å². The van der Waals surface area contributed by atoms with Crippen molar-refractivity contribution in [2.75, 3.05) is 38.2 Å². The van der Waals surface area contributed by atoms with E-state index in [2.05, 4.69) is 15.4 Å². The molecule has 4 aromatic heterocycles. The van der Waals surface area contributed by atoms with Gasteiger partial charge in [-0.1, -0.05) is 6.07 Å². The van der Waals surface area contributed by atoms with Crippen molar-refractivity contribution in [1.82, 2.24) is 29.2 Å². The molecule has 1 aliphatic heterocycles. The first-order valence-electron chi connectivity index (χ1n) is 14.6. The van der Waals surface area contributed by atoms with Crippen LogP contribution in [0.5, 0.6) is 5.88 Å². The van der Waals surface area contributed by atoms with Crippen molar-refractivity contribution in [3.63, 3.8) is 0 Å². The maximum absolute atomic E-state index is 14.5. The number of hydrogen-bond acceptors (Lipinski definition) is 6. The quantitative estimate of drug-likeness (QED) is 0.262. The van der Waals surface area contributed by atoms with Crippen LogP contribution >= 0.6 is 0 Å². The topological polar surface area (TPSA) is 82.1 Å². The molecule has 230 valence electrons. The van der Waals surface area contributed by atoms with Crippen LogP contribution in [0.25, 0.3) is 38.6 Å². The van der Waals surface area contributed by atoms with Crippen molar-refractivity contribution in [1.29, 1.82) is 0 Å². The molecule has 0 radical (unpaired) electrons. The molecule has 12 heteroatoms. The van der Waals surface area contributed by atoms with Crippen LogP contribution in [-0.4, -0.2) is 57.2 Å². The summed E-state index contributed by atoms with van der Waals surface area (Å²) in [4.78, 5) is 20.0. The van der Waals surface area contributed by atoms with Crippen molar-refractivity contribution in [2.24, 2.45) is 0 Å². The van der Waals surface area contributed by atoms with E-state index >= 15 is 0 Å². The van der Waals surface area contributed by atoms with Crippen molar-refractivity contribution >= 4 is 27.5 Å². The minimum Gasteiger partial charge on any atom is -0.481 e. The standard InChI is InChI=1S/C33H30F3N7O2/c1-45-30-9-5-23(20-38-30)22-4-7-28-25(18-22)31-26(32(44)42(28)17-16-40-12-2-3-13-40)21-39-43(31)24-6-8-29(27(19-24)33(34,35)36)41-14-10-37-11-15-41/h2-9,12-13,18-21,37H,10-11,14-17H2,1H3. The Morgan fingerprint density at radius 3 is 2.40 bits per heavy atom. The van der Waals surface area contributed by atoms with E-state index in [4.69, 9.17) is 4.74 Å². The molecular formula is C33H30F3N7O2. The third-order valence-electron chi connectivity index (χ3n) is 8.30. The van der Waals surface area contributed by atoms with Crippen LogP contribution in [0.2, 0.25) is 0 Å². The number of rotatable bonds is 7. The third kappa shape index (κ3) is 5.31. The Balaban J connectivity index is 1.43. The predicted molar refractivity (Wildman–Crippen MR) is 167 cm³/mol. The van der Waals surface area contributed by atoms with Gasteiger partial charge in [0, 0.05) is 80.6 Å². The Morgan fingerprint density at radius 1 is 0.911 bits per heavy atom. The number of aromatic nitrogens is 5. The summed E-state index contributed by atoms with van der Waals surface area (Å²) in [6.45, 7) is 3.13. The number of methoxy groups -OCH3 is 1. The smallest absolute Gasteiger partial charge is 0.418 e. The summed E-state index contributed by atoms with van der Waals surface area (Å²) in [7, 11) is 1.55. The lowest BCUT2D eigenvalue weighted by molar-refractivity contribution is -0.137. The Kier molecular flexibility index (Phi) is 7.28. The Bertz CT molecular complexity index is 2040. The highest BCUT2D eigenvalue weighted by Crippen LogP contribution is 2.39. The number of benzene rings is 2. The SMILES string of the molecule is COc1ccc(-c2ccc3c(c2)c2c(cnn2-c2ccc(N4CCNCC4)c(C(F)(F)F)c2)c(=O)n3CCn2cccc2)cn1.